The molecule has 0 bridgehead atoms. The lowest BCUT2D eigenvalue weighted by atomic mass is 10.4. The number of pyridine rings is 1. The molecule has 0 aliphatic heterocycles. The van der Waals surface area contributed by atoms with Gasteiger partial charge in [-0.25, -0.2) is 19.7 Å². The van der Waals surface area contributed by atoms with Gasteiger partial charge in [0.15, 0.2) is 0 Å². The van der Waals surface area contributed by atoms with Crippen LogP contribution in [-0.2, 0) is 0 Å². The normalized spacial score (nSPS) is 10.3. The Kier molecular flexibility index (Phi) is 6.14. The van der Waals surface area contributed by atoms with Crippen molar-refractivity contribution in [2.45, 2.75) is 25.3 Å². The van der Waals surface area contributed by atoms with Gasteiger partial charge in [0.2, 0.25) is 5.95 Å². The third-order valence-electron chi connectivity index (χ3n) is 2.70. The fourth-order valence-electron chi connectivity index (χ4n) is 1.81. The van der Waals surface area contributed by atoms with Crippen molar-refractivity contribution in [1.29, 1.82) is 0 Å². The fraction of sp³-hybridized carbons (Fsp3) is 0.333. The number of carbonyl (C=O) groups excluding carboxylic acids is 1. The molecule has 0 unspecified atom stereocenters. The minimum Gasteiger partial charge on any atom is -0.338 e. The predicted octanol–water partition coefficient (Wildman–Crippen LogP) is 2.79. The zero-order chi connectivity index (χ0) is 15.8. The SMILES string of the molecule is Cc1cc(C)nc(NC(=O)NCCCSc2ccccn2)n1. The molecule has 6 nitrogen and oxygen atoms in total. The first-order valence-electron chi connectivity index (χ1n) is 7.04. The monoisotopic (exact) mass is 317 g/mol. The van der Waals surface area contributed by atoms with Crippen molar-refractivity contribution in [2.75, 3.05) is 17.6 Å². The van der Waals surface area contributed by atoms with Crippen LogP contribution in [0.1, 0.15) is 17.8 Å². The molecule has 0 saturated carbocycles. The summed E-state index contributed by atoms with van der Waals surface area (Å²) in [5, 5.41) is 6.43. The summed E-state index contributed by atoms with van der Waals surface area (Å²) in [6, 6.07) is 7.41. The van der Waals surface area contributed by atoms with Crippen molar-refractivity contribution in [3.05, 3.63) is 41.9 Å². The van der Waals surface area contributed by atoms with Crippen molar-refractivity contribution in [2.24, 2.45) is 0 Å². The first-order chi connectivity index (χ1) is 10.6. The van der Waals surface area contributed by atoms with E-state index in [1.807, 2.05) is 38.1 Å². The van der Waals surface area contributed by atoms with Crippen LogP contribution in [-0.4, -0.2) is 33.3 Å². The molecule has 0 aromatic carbocycles. The Morgan fingerprint density at radius 2 is 2.00 bits per heavy atom. The molecule has 2 aromatic rings. The zero-order valence-corrected chi connectivity index (χ0v) is 13.5. The Hall–Kier alpha value is -2.15. The van der Waals surface area contributed by atoms with Crippen LogP contribution in [0.25, 0.3) is 0 Å². The molecule has 2 amide bonds. The number of aromatic nitrogens is 3. The Balaban J connectivity index is 1.65. The molecule has 7 heteroatoms. The summed E-state index contributed by atoms with van der Waals surface area (Å²) in [7, 11) is 0. The van der Waals surface area contributed by atoms with Crippen LogP contribution < -0.4 is 10.6 Å². The quantitative estimate of drug-likeness (QED) is 0.632. The van der Waals surface area contributed by atoms with Crippen molar-refractivity contribution in [1.82, 2.24) is 20.3 Å². The molecule has 0 saturated heterocycles. The van der Waals surface area contributed by atoms with Crippen molar-refractivity contribution in [3.8, 4) is 0 Å². The number of urea groups is 1. The van der Waals surface area contributed by atoms with Gasteiger partial charge >= 0.3 is 6.03 Å². The van der Waals surface area contributed by atoms with Gasteiger partial charge in [-0.1, -0.05) is 6.07 Å². The highest BCUT2D eigenvalue weighted by Crippen LogP contribution is 2.14. The number of hydrogen-bond acceptors (Lipinski definition) is 5. The molecule has 0 radical (unpaired) electrons. The second-order valence-corrected chi connectivity index (χ2v) is 5.84. The van der Waals surface area contributed by atoms with E-state index in [0.717, 1.165) is 28.6 Å². The molecule has 0 aliphatic carbocycles. The number of hydrogen-bond donors (Lipinski definition) is 2. The van der Waals surface area contributed by atoms with Crippen LogP contribution in [0.3, 0.4) is 0 Å². The average molecular weight is 317 g/mol. The van der Waals surface area contributed by atoms with Gasteiger partial charge in [0.05, 0.1) is 5.03 Å². The topological polar surface area (TPSA) is 79.8 Å². The molecular formula is C15H19N5OS. The summed E-state index contributed by atoms with van der Waals surface area (Å²) >= 11 is 1.67. The average Bonchev–Trinajstić information content (AvgIpc) is 2.47. The van der Waals surface area contributed by atoms with E-state index < -0.39 is 0 Å². The van der Waals surface area contributed by atoms with E-state index in [1.165, 1.54) is 0 Å². The van der Waals surface area contributed by atoms with Gasteiger partial charge in [-0.3, -0.25) is 5.32 Å². The lowest BCUT2D eigenvalue weighted by molar-refractivity contribution is 0.252. The van der Waals surface area contributed by atoms with Gasteiger partial charge < -0.3 is 5.32 Å². The van der Waals surface area contributed by atoms with Gasteiger partial charge in [-0.15, -0.1) is 11.8 Å². The second kappa shape index (κ2) is 8.33. The molecule has 116 valence electrons. The van der Waals surface area contributed by atoms with Crippen LogP contribution in [0.2, 0.25) is 0 Å². The number of rotatable bonds is 6. The number of carbonyl (C=O) groups is 1. The van der Waals surface area contributed by atoms with E-state index >= 15 is 0 Å². The number of aryl methyl sites for hydroxylation is 2. The Labute approximate surface area is 134 Å². The predicted molar refractivity (Wildman–Crippen MR) is 88.1 cm³/mol. The largest absolute Gasteiger partial charge is 0.338 e. The minimum absolute atomic E-state index is 0.284. The summed E-state index contributed by atoms with van der Waals surface area (Å²) < 4.78 is 0. The van der Waals surface area contributed by atoms with Crippen molar-refractivity contribution >= 4 is 23.7 Å². The Morgan fingerprint density at radius 1 is 1.23 bits per heavy atom. The number of nitrogens with one attached hydrogen (secondary N) is 2. The molecule has 2 aromatic heterocycles. The van der Waals surface area contributed by atoms with Crippen LogP contribution in [0.5, 0.6) is 0 Å². The van der Waals surface area contributed by atoms with Gasteiger partial charge in [0.1, 0.15) is 0 Å². The number of anilines is 1. The number of thioether (sulfide) groups is 1. The highest BCUT2D eigenvalue weighted by atomic mass is 32.2. The summed E-state index contributed by atoms with van der Waals surface area (Å²) in [5.41, 5.74) is 1.66. The van der Waals surface area contributed by atoms with Gasteiger partial charge in [0, 0.05) is 29.9 Å². The van der Waals surface area contributed by atoms with Crippen LogP contribution in [0.4, 0.5) is 10.7 Å². The zero-order valence-electron chi connectivity index (χ0n) is 12.7. The maximum Gasteiger partial charge on any atom is 0.321 e. The van der Waals surface area contributed by atoms with Gasteiger partial charge in [-0.2, -0.15) is 0 Å². The van der Waals surface area contributed by atoms with Crippen LogP contribution in [0, 0.1) is 13.8 Å². The van der Waals surface area contributed by atoms with E-state index in [-0.39, 0.29) is 6.03 Å². The van der Waals surface area contributed by atoms with Crippen molar-refractivity contribution < 1.29 is 4.79 Å². The maximum absolute atomic E-state index is 11.7. The van der Waals surface area contributed by atoms with Crippen LogP contribution >= 0.6 is 11.8 Å². The number of amides is 2. The van der Waals surface area contributed by atoms with Crippen molar-refractivity contribution in [3.63, 3.8) is 0 Å². The molecule has 22 heavy (non-hydrogen) atoms. The molecule has 0 fully saturated rings. The van der Waals surface area contributed by atoms with E-state index in [0.29, 0.717) is 12.5 Å². The summed E-state index contributed by atoms with van der Waals surface area (Å²) in [4.78, 5) is 24.3. The lowest BCUT2D eigenvalue weighted by Crippen LogP contribution is -2.30. The Bertz CT molecular complexity index is 600. The van der Waals surface area contributed by atoms with E-state index in [4.69, 9.17) is 0 Å². The van der Waals surface area contributed by atoms with Gasteiger partial charge in [0.25, 0.3) is 0 Å². The summed E-state index contributed by atoms with van der Waals surface area (Å²) in [6.07, 6.45) is 2.64. The molecule has 0 spiro atoms. The van der Waals surface area contributed by atoms with Gasteiger partial charge in [-0.05, 0) is 38.5 Å². The molecular weight excluding hydrogens is 298 g/mol. The fourth-order valence-corrected chi connectivity index (χ4v) is 2.62. The third-order valence-corrected chi connectivity index (χ3v) is 3.73. The first-order valence-corrected chi connectivity index (χ1v) is 8.03. The standard InChI is InChI=1S/C15H19N5OS/c1-11-10-12(2)19-14(18-11)20-15(21)17-8-5-9-22-13-6-3-4-7-16-13/h3-4,6-7,10H,5,8-9H2,1-2H3,(H2,17,18,19,20,21). The Morgan fingerprint density at radius 3 is 2.68 bits per heavy atom. The van der Waals surface area contributed by atoms with E-state index in [1.54, 1.807) is 18.0 Å². The summed E-state index contributed by atoms with van der Waals surface area (Å²) in [6.45, 7) is 4.33. The van der Waals surface area contributed by atoms with E-state index in [9.17, 15) is 4.79 Å². The molecule has 2 rings (SSSR count). The highest BCUT2D eigenvalue weighted by molar-refractivity contribution is 7.99. The highest BCUT2D eigenvalue weighted by Gasteiger charge is 2.04. The third kappa shape index (κ3) is 5.69. The molecule has 2 heterocycles. The molecule has 0 atom stereocenters. The summed E-state index contributed by atoms with van der Waals surface area (Å²) in [5.74, 6) is 1.23. The molecule has 0 aliphatic rings. The molecule has 2 N–H and O–H groups in total. The smallest absolute Gasteiger partial charge is 0.321 e. The number of nitrogens with zero attached hydrogens (tertiary/aromatic N) is 3. The second-order valence-electron chi connectivity index (χ2n) is 4.73. The lowest BCUT2D eigenvalue weighted by Gasteiger charge is -2.07. The van der Waals surface area contributed by atoms with Crippen LogP contribution in [0.15, 0.2) is 35.5 Å². The minimum atomic E-state index is -0.284. The first kappa shape index (κ1) is 16.2. The van der Waals surface area contributed by atoms with E-state index in [2.05, 4.69) is 25.6 Å². The maximum atomic E-state index is 11.7.